The Balaban J connectivity index is 2.04. The smallest absolute Gasteiger partial charge is 0.146 e. The zero-order valence-electron chi connectivity index (χ0n) is 10.8. The van der Waals surface area contributed by atoms with Crippen LogP contribution in [0.25, 0.3) is 0 Å². The fourth-order valence-corrected chi connectivity index (χ4v) is 2.33. The highest BCUT2D eigenvalue weighted by atomic mass is 32.1. The molecule has 0 aliphatic heterocycles. The number of halogens is 1. The molecule has 3 N–H and O–H groups in total. The Morgan fingerprint density at radius 2 is 2.17 bits per heavy atom. The molecule has 1 aromatic carbocycles. The average Bonchev–Trinajstić information content (AvgIpc) is 3.08. The van der Waals surface area contributed by atoms with E-state index >= 15 is 0 Å². The molecule has 18 heavy (non-hydrogen) atoms. The van der Waals surface area contributed by atoms with Gasteiger partial charge in [0, 0.05) is 12.1 Å². The largest absolute Gasteiger partial charge is 0.389 e. The lowest BCUT2D eigenvalue weighted by atomic mass is 9.92. The van der Waals surface area contributed by atoms with Gasteiger partial charge in [-0.05, 0) is 42.4 Å². The van der Waals surface area contributed by atoms with E-state index in [2.05, 4.69) is 19.2 Å². The quantitative estimate of drug-likeness (QED) is 0.803. The summed E-state index contributed by atoms with van der Waals surface area (Å²) in [6, 6.07) is 4.85. The summed E-state index contributed by atoms with van der Waals surface area (Å²) in [5, 5.41) is 3.20. The van der Waals surface area contributed by atoms with Gasteiger partial charge in [0.2, 0.25) is 0 Å². The molecule has 0 unspecified atom stereocenters. The van der Waals surface area contributed by atoms with E-state index in [-0.39, 0.29) is 10.8 Å². The Labute approximate surface area is 113 Å². The number of hydrogen-bond acceptors (Lipinski definition) is 2. The molecule has 1 saturated carbocycles. The van der Waals surface area contributed by atoms with Crippen molar-refractivity contribution in [3.63, 3.8) is 0 Å². The van der Waals surface area contributed by atoms with Gasteiger partial charge in [-0.2, -0.15) is 0 Å². The van der Waals surface area contributed by atoms with Gasteiger partial charge in [-0.1, -0.05) is 26.1 Å². The Morgan fingerprint density at radius 1 is 1.50 bits per heavy atom. The maximum absolute atomic E-state index is 13.8. The molecule has 0 bridgehead atoms. The van der Waals surface area contributed by atoms with Crippen LogP contribution in [-0.2, 0) is 0 Å². The molecule has 1 aliphatic carbocycles. The van der Waals surface area contributed by atoms with Crippen molar-refractivity contribution in [1.29, 1.82) is 0 Å². The Morgan fingerprint density at radius 3 is 2.61 bits per heavy atom. The van der Waals surface area contributed by atoms with Crippen molar-refractivity contribution in [3.05, 3.63) is 29.6 Å². The van der Waals surface area contributed by atoms with Crippen molar-refractivity contribution in [1.82, 2.24) is 0 Å². The second-order valence-corrected chi connectivity index (χ2v) is 5.87. The highest BCUT2D eigenvalue weighted by Gasteiger charge is 2.44. The van der Waals surface area contributed by atoms with Crippen LogP contribution in [0, 0.1) is 17.2 Å². The van der Waals surface area contributed by atoms with Crippen molar-refractivity contribution < 1.29 is 4.39 Å². The fourth-order valence-electron chi connectivity index (χ4n) is 2.20. The number of nitrogens with one attached hydrogen (secondary N) is 1. The monoisotopic (exact) mass is 266 g/mol. The van der Waals surface area contributed by atoms with Gasteiger partial charge in [-0.3, -0.25) is 0 Å². The summed E-state index contributed by atoms with van der Waals surface area (Å²) < 4.78 is 13.8. The summed E-state index contributed by atoms with van der Waals surface area (Å²) in [6.45, 7) is 5.27. The van der Waals surface area contributed by atoms with Crippen LogP contribution in [0.2, 0.25) is 0 Å². The van der Waals surface area contributed by atoms with E-state index in [4.69, 9.17) is 18.0 Å². The molecular formula is C14H19FN2S. The SMILES string of the molecule is CC(C)C1(CNc2ccc(C(N)=S)cc2F)CC1. The number of anilines is 1. The number of rotatable bonds is 5. The molecule has 0 amide bonds. The van der Waals surface area contributed by atoms with Crippen molar-refractivity contribution >= 4 is 22.9 Å². The van der Waals surface area contributed by atoms with Crippen LogP contribution in [0.5, 0.6) is 0 Å². The molecule has 0 spiro atoms. The highest BCUT2D eigenvalue weighted by molar-refractivity contribution is 7.80. The predicted molar refractivity (Wildman–Crippen MR) is 77.3 cm³/mol. The molecule has 98 valence electrons. The molecule has 0 saturated heterocycles. The number of thiocarbonyl (C=S) groups is 1. The lowest BCUT2D eigenvalue weighted by Crippen LogP contribution is -2.21. The van der Waals surface area contributed by atoms with Crippen LogP contribution in [-0.4, -0.2) is 11.5 Å². The van der Waals surface area contributed by atoms with E-state index in [1.54, 1.807) is 12.1 Å². The van der Waals surface area contributed by atoms with Gasteiger partial charge in [0.05, 0.1) is 5.69 Å². The molecule has 4 heteroatoms. The minimum atomic E-state index is -0.292. The van der Waals surface area contributed by atoms with Crippen molar-refractivity contribution in [2.75, 3.05) is 11.9 Å². The van der Waals surface area contributed by atoms with Crippen LogP contribution >= 0.6 is 12.2 Å². The summed E-state index contributed by atoms with van der Waals surface area (Å²) in [5.41, 5.74) is 6.92. The van der Waals surface area contributed by atoms with E-state index in [9.17, 15) is 4.39 Å². The molecule has 1 fully saturated rings. The zero-order chi connectivity index (χ0) is 13.3. The van der Waals surface area contributed by atoms with Gasteiger partial charge in [0.1, 0.15) is 10.8 Å². The Kier molecular flexibility index (Phi) is 3.57. The molecule has 1 aromatic rings. The lowest BCUT2D eigenvalue weighted by Gasteiger charge is -2.21. The normalized spacial score (nSPS) is 16.7. The van der Waals surface area contributed by atoms with Gasteiger partial charge < -0.3 is 11.1 Å². The van der Waals surface area contributed by atoms with Crippen molar-refractivity contribution in [2.45, 2.75) is 26.7 Å². The lowest BCUT2D eigenvalue weighted by molar-refractivity contribution is 0.379. The van der Waals surface area contributed by atoms with E-state index in [0.29, 0.717) is 22.6 Å². The second-order valence-electron chi connectivity index (χ2n) is 5.43. The predicted octanol–water partition coefficient (Wildman–Crippen LogP) is 3.31. The standard InChI is InChI=1S/C14H19FN2S/c1-9(2)14(5-6-14)8-17-12-4-3-10(13(16)18)7-11(12)15/h3-4,7,9,17H,5-6,8H2,1-2H3,(H2,16,18). The van der Waals surface area contributed by atoms with Crippen LogP contribution < -0.4 is 11.1 Å². The molecule has 0 atom stereocenters. The molecular weight excluding hydrogens is 247 g/mol. The summed E-state index contributed by atoms with van der Waals surface area (Å²) in [6.07, 6.45) is 2.45. The van der Waals surface area contributed by atoms with Gasteiger partial charge in [-0.25, -0.2) is 4.39 Å². The van der Waals surface area contributed by atoms with E-state index in [1.807, 2.05) is 0 Å². The van der Waals surface area contributed by atoms with Gasteiger partial charge in [0.15, 0.2) is 0 Å². The molecule has 0 aromatic heterocycles. The minimum absolute atomic E-state index is 0.223. The fraction of sp³-hybridized carbons (Fsp3) is 0.500. The minimum Gasteiger partial charge on any atom is -0.389 e. The van der Waals surface area contributed by atoms with Gasteiger partial charge in [0.25, 0.3) is 0 Å². The first-order valence-electron chi connectivity index (χ1n) is 6.28. The molecule has 2 nitrogen and oxygen atoms in total. The topological polar surface area (TPSA) is 38.0 Å². The van der Waals surface area contributed by atoms with Crippen LogP contribution in [0.1, 0.15) is 32.3 Å². The van der Waals surface area contributed by atoms with Crippen molar-refractivity contribution in [3.8, 4) is 0 Å². The van der Waals surface area contributed by atoms with E-state index in [0.717, 1.165) is 6.54 Å². The third-order valence-corrected chi connectivity index (χ3v) is 4.24. The van der Waals surface area contributed by atoms with Crippen molar-refractivity contribution in [2.24, 2.45) is 17.1 Å². The first kappa shape index (κ1) is 13.3. The molecule has 2 rings (SSSR count). The van der Waals surface area contributed by atoms with Gasteiger partial charge in [-0.15, -0.1) is 0 Å². The number of hydrogen-bond donors (Lipinski definition) is 2. The summed E-state index contributed by atoms with van der Waals surface area (Å²) in [7, 11) is 0. The average molecular weight is 266 g/mol. The van der Waals surface area contributed by atoms with Gasteiger partial charge >= 0.3 is 0 Å². The summed E-state index contributed by atoms with van der Waals surface area (Å²) >= 11 is 4.82. The molecule has 1 aliphatic rings. The first-order chi connectivity index (χ1) is 8.44. The second kappa shape index (κ2) is 4.84. The first-order valence-corrected chi connectivity index (χ1v) is 6.69. The Bertz CT molecular complexity index is 467. The highest BCUT2D eigenvalue weighted by Crippen LogP contribution is 2.51. The third kappa shape index (κ3) is 2.64. The van der Waals surface area contributed by atoms with E-state index in [1.165, 1.54) is 18.9 Å². The summed E-state index contributed by atoms with van der Waals surface area (Å²) in [5.74, 6) is 0.337. The molecule has 0 radical (unpaired) electrons. The number of benzene rings is 1. The summed E-state index contributed by atoms with van der Waals surface area (Å²) in [4.78, 5) is 0.223. The van der Waals surface area contributed by atoms with Crippen LogP contribution in [0.15, 0.2) is 18.2 Å². The zero-order valence-corrected chi connectivity index (χ0v) is 11.6. The third-order valence-electron chi connectivity index (χ3n) is 4.00. The maximum Gasteiger partial charge on any atom is 0.146 e. The molecule has 0 heterocycles. The van der Waals surface area contributed by atoms with Crippen LogP contribution in [0.3, 0.4) is 0 Å². The number of nitrogens with two attached hydrogens (primary N) is 1. The van der Waals surface area contributed by atoms with Crippen LogP contribution in [0.4, 0.5) is 10.1 Å². The maximum atomic E-state index is 13.8. The van der Waals surface area contributed by atoms with E-state index < -0.39 is 0 Å². The Hall–Kier alpha value is -1.16.